The van der Waals surface area contributed by atoms with Crippen molar-refractivity contribution in [3.63, 3.8) is 0 Å². The Balaban J connectivity index is 1.46. The number of aromatic nitrogens is 3. The Hall–Kier alpha value is -2.74. The number of rotatable bonds is 4. The van der Waals surface area contributed by atoms with Gasteiger partial charge in [0, 0.05) is 12.1 Å². The van der Waals surface area contributed by atoms with Crippen LogP contribution in [0.25, 0.3) is 10.2 Å². The van der Waals surface area contributed by atoms with E-state index in [1.807, 2.05) is 23.1 Å². The van der Waals surface area contributed by atoms with E-state index in [-0.39, 0.29) is 12.0 Å². The topological polar surface area (TPSA) is 77.4 Å². The van der Waals surface area contributed by atoms with Crippen molar-refractivity contribution in [2.24, 2.45) is 0 Å². The Morgan fingerprint density at radius 3 is 3.08 bits per heavy atom. The average Bonchev–Trinajstić information content (AvgIpc) is 3.15. The summed E-state index contributed by atoms with van der Waals surface area (Å²) in [5.41, 5.74) is 3.39. The molecule has 0 radical (unpaired) electrons. The van der Waals surface area contributed by atoms with Gasteiger partial charge in [-0.05, 0) is 31.0 Å². The molecule has 2 aromatic heterocycles. The molecular weight excluding hydrogens is 352 g/mol. The molecule has 134 valence electrons. The molecular formula is C18H18N4O3S. The number of ether oxygens (including phenoxy) is 2. The highest BCUT2D eigenvalue weighted by atomic mass is 32.1. The van der Waals surface area contributed by atoms with Crippen molar-refractivity contribution in [1.29, 1.82) is 0 Å². The molecule has 0 aliphatic carbocycles. The van der Waals surface area contributed by atoms with Gasteiger partial charge in [0.2, 0.25) is 11.8 Å². The van der Waals surface area contributed by atoms with Crippen LogP contribution < -0.4 is 9.47 Å². The van der Waals surface area contributed by atoms with Crippen LogP contribution >= 0.6 is 11.3 Å². The number of fused-ring (bicyclic) bond motifs is 1. The van der Waals surface area contributed by atoms with Crippen LogP contribution in [0, 0.1) is 0 Å². The number of thiazole rings is 1. The van der Waals surface area contributed by atoms with Crippen molar-refractivity contribution in [2.75, 3.05) is 20.2 Å². The molecule has 0 unspecified atom stereocenters. The number of methoxy groups -OCH3 is 1. The van der Waals surface area contributed by atoms with E-state index in [0.29, 0.717) is 23.9 Å². The fraction of sp³-hybridized carbons (Fsp3) is 0.333. The molecule has 1 atom stereocenters. The van der Waals surface area contributed by atoms with Crippen LogP contribution in [0.1, 0.15) is 23.2 Å². The third-order valence-corrected chi connectivity index (χ3v) is 5.12. The lowest BCUT2D eigenvalue weighted by Crippen LogP contribution is -2.44. The molecule has 1 amide bonds. The van der Waals surface area contributed by atoms with Crippen molar-refractivity contribution in [2.45, 2.75) is 18.9 Å². The van der Waals surface area contributed by atoms with Crippen LogP contribution in [0.2, 0.25) is 0 Å². The quantitative estimate of drug-likeness (QED) is 0.703. The minimum absolute atomic E-state index is 0.0188. The molecule has 4 rings (SSSR count). The molecule has 0 bridgehead atoms. The Kier molecular flexibility index (Phi) is 4.66. The van der Waals surface area contributed by atoms with Crippen LogP contribution in [0.15, 0.2) is 36.1 Å². The van der Waals surface area contributed by atoms with Crippen LogP contribution in [-0.2, 0) is 0 Å². The number of carbonyl (C=O) groups is 1. The van der Waals surface area contributed by atoms with E-state index < -0.39 is 0 Å². The van der Waals surface area contributed by atoms with Crippen molar-refractivity contribution < 1.29 is 14.3 Å². The van der Waals surface area contributed by atoms with Crippen LogP contribution in [0.4, 0.5) is 0 Å². The van der Waals surface area contributed by atoms with Crippen LogP contribution in [-0.4, -0.2) is 52.1 Å². The van der Waals surface area contributed by atoms with Gasteiger partial charge in [-0.3, -0.25) is 9.78 Å². The van der Waals surface area contributed by atoms with Gasteiger partial charge in [-0.25, -0.2) is 4.98 Å². The third kappa shape index (κ3) is 3.45. The molecule has 0 N–H and O–H groups in total. The molecule has 1 fully saturated rings. The number of carbonyl (C=O) groups excluding carboxylic acids is 1. The predicted octanol–water partition coefficient (Wildman–Crippen LogP) is 2.78. The first-order valence-corrected chi connectivity index (χ1v) is 9.26. The Labute approximate surface area is 154 Å². The van der Waals surface area contributed by atoms with Crippen molar-refractivity contribution >= 4 is 27.5 Å². The van der Waals surface area contributed by atoms with Gasteiger partial charge < -0.3 is 14.4 Å². The smallest absolute Gasteiger partial charge is 0.254 e. The minimum Gasteiger partial charge on any atom is -0.480 e. The lowest BCUT2D eigenvalue weighted by Gasteiger charge is -2.32. The van der Waals surface area contributed by atoms with E-state index in [0.717, 1.165) is 29.6 Å². The highest BCUT2D eigenvalue weighted by Gasteiger charge is 2.26. The van der Waals surface area contributed by atoms with Gasteiger partial charge in [0.1, 0.15) is 6.10 Å². The molecule has 3 heterocycles. The Bertz CT molecular complexity index is 929. The molecule has 26 heavy (non-hydrogen) atoms. The fourth-order valence-electron chi connectivity index (χ4n) is 3.05. The van der Waals surface area contributed by atoms with E-state index in [1.54, 1.807) is 11.7 Å². The summed E-state index contributed by atoms with van der Waals surface area (Å²) in [7, 11) is 1.54. The Morgan fingerprint density at radius 2 is 2.19 bits per heavy atom. The third-order valence-electron chi connectivity index (χ3n) is 4.33. The molecule has 1 aliphatic rings. The van der Waals surface area contributed by atoms with Gasteiger partial charge in [-0.2, -0.15) is 4.98 Å². The number of hydrogen-bond acceptors (Lipinski definition) is 7. The van der Waals surface area contributed by atoms with Gasteiger partial charge in [0.25, 0.3) is 5.91 Å². The van der Waals surface area contributed by atoms with Crippen molar-refractivity contribution in [1.82, 2.24) is 19.9 Å². The second-order valence-corrected chi connectivity index (χ2v) is 6.95. The summed E-state index contributed by atoms with van der Waals surface area (Å²) in [5.74, 6) is 0.837. The average molecular weight is 370 g/mol. The first-order chi connectivity index (χ1) is 12.7. The minimum atomic E-state index is -0.110. The predicted molar refractivity (Wildman–Crippen MR) is 97.8 cm³/mol. The summed E-state index contributed by atoms with van der Waals surface area (Å²) in [6.07, 6.45) is 4.73. The summed E-state index contributed by atoms with van der Waals surface area (Å²) in [4.78, 5) is 27.2. The summed E-state index contributed by atoms with van der Waals surface area (Å²) in [5, 5.41) is 0. The highest BCUT2D eigenvalue weighted by Crippen LogP contribution is 2.23. The van der Waals surface area contributed by atoms with E-state index >= 15 is 0 Å². The molecule has 7 nitrogen and oxygen atoms in total. The normalized spacial score (nSPS) is 17.3. The number of benzene rings is 1. The largest absolute Gasteiger partial charge is 0.480 e. The molecule has 3 aromatic rings. The maximum atomic E-state index is 12.9. The lowest BCUT2D eigenvalue weighted by molar-refractivity contribution is 0.0525. The van der Waals surface area contributed by atoms with E-state index in [9.17, 15) is 4.79 Å². The number of hydrogen-bond donors (Lipinski definition) is 0. The summed E-state index contributed by atoms with van der Waals surface area (Å²) in [6, 6.07) is 5.64. The molecule has 8 heteroatoms. The van der Waals surface area contributed by atoms with E-state index in [4.69, 9.17) is 9.47 Å². The van der Waals surface area contributed by atoms with Crippen molar-refractivity contribution in [3.8, 4) is 11.8 Å². The lowest BCUT2D eigenvalue weighted by atomic mass is 10.1. The zero-order valence-corrected chi connectivity index (χ0v) is 15.1. The molecule has 0 spiro atoms. The standard InChI is InChI=1S/C18H18N4O3S/c1-24-16-8-19-9-17(21-16)25-13-3-2-6-22(10-13)18(23)12-4-5-14-15(7-12)26-11-20-14/h4-5,7-9,11,13H,2-3,6,10H2,1H3/t13-/m1/s1. The van der Waals surface area contributed by atoms with Gasteiger partial charge in [-0.1, -0.05) is 0 Å². The summed E-state index contributed by atoms with van der Waals surface area (Å²) >= 11 is 1.54. The first-order valence-electron chi connectivity index (χ1n) is 8.38. The zero-order valence-electron chi connectivity index (χ0n) is 14.3. The van der Waals surface area contributed by atoms with Gasteiger partial charge in [0.15, 0.2) is 0 Å². The maximum Gasteiger partial charge on any atom is 0.254 e. The van der Waals surface area contributed by atoms with E-state index in [1.165, 1.54) is 24.6 Å². The summed E-state index contributed by atoms with van der Waals surface area (Å²) < 4.78 is 12.0. The second-order valence-electron chi connectivity index (χ2n) is 6.07. The summed E-state index contributed by atoms with van der Waals surface area (Å²) in [6.45, 7) is 1.25. The van der Waals surface area contributed by atoms with Gasteiger partial charge in [-0.15, -0.1) is 11.3 Å². The Morgan fingerprint density at radius 1 is 1.31 bits per heavy atom. The maximum absolute atomic E-state index is 12.9. The molecule has 1 aliphatic heterocycles. The SMILES string of the molecule is COc1cncc(O[C@@H]2CCCN(C(=O)c3ccc4ncsc4c3)C2)n1. The van der Waals surface area contributed by atoms with Gasteiger partial charge in [0.05, 0.1) is 41.8 Å². The fourth-order valence-corrected chi connectivity index (χ4v) is 3.76. The number of piperidine rings is 1. The van der Waals surface area contributed by atoms with E-state index in [2.05, 4.69) is 15.0 Å². The highest BCUT2D eigenvalue weighted by molar-refractivity contribution is 7.16. The first kappa shape index (κ1) is 16.7. The molecule has 0 saturated carbocycles. The van der Waals surface area contributed by atoms with Crippen LogP contribution in [0.3, 0.4) is 0 Å². The monoisotopic (exact) mass is 370 g/mol. The molecule has 1 aromatic carbocycles. The number of nitrogens with zero attached hydrogens (tertiary/aromatic N) is 4. The number of likely N-dealkylation sites (tertiary alicyclic amines) is 1. The van der Waals surface area contributed by atoms with Gasteiger partial charge >= 0.3 is 0 Å². The van der Waals surface area contributed by atoms with Crippen molar-refractivity contribution in [3.05, 3.63) is 41.7 Å². The molecule has 1 saturated heterocycles. The van der Waals surface area contributed by atoms with Crippen LogP contribution in [0.5, 0.6) is 11.8 Å². The number of amides is 1. The zero-order chi connectivity index (χ0) is 17.9. The second kappa shape index (κ2) is 7.25.